The fraction of sp³-hybridized carbons (Fsp3) is 0.467. The van der Waals surface area contributed by atoms with E-state index in [2.05, 4.69) is 4.98 Å². The first kappa shape index (κ1) is 13.7. The number of aromatic carboxylic acids is 1. The van der Waals surface area contributed by atoms with Crippen LogP contribution in [0.4, 0.5) is 5.82 Å². The summed E-state index contributed by atoms with van der Waals surface area (Å²) in [4.78, 5) is 40.5. The van der Waals surface area contributed by atoms with Gasteiger partial charge in [0.15, 0.2) is 0 Å². The van der Waals surface area contributed by atoms with E-state index in [-0.39, 0.29) is 28.6 Å². The highest BCUT2D eigenvalue weighted by Crippen LogP contribution is 2.47. The number of carboxylic acid groups (broad SMARTS) is 1. The second-order valence-electron chi connectivity index (χ2n) is 5.89. The first-order valence-electron chi connectivity index (χ1n) is 7.06. The standard InChI is InChI=1S/C15H16N2O4/c18-12-7-15(5-1-2-6-15)8-13(19)17(12)11-4-3-10(9-16-11)14(20)21/h3-4,9H,1-2,5-8H2,(H,20,21). The zero-order valence-electron chi connectivity index (χ0n) is 11.5. The van der Waals surface area contributed by atoms with E-state index in [9.17, 15) is 14.4 Å². The van der Waals surface area contributed by atoms with Crippen molar-refractivity contribution < 1.29 is 19.5 Å². The van der Waals surface area contributed by atoms with Crippen LogP contribution in [0.2, 0.25) is 0 Å². The molecule has 1 N–H and O–H groups in total. The van der Waals surface area contributed by atoms with Crippen LogP contribution >= 0.6 is 0 Å². The molecule has 1 aromatic heterocycles. The van der Waals surface area contributed by atoms with E-state index < -0.39 is 5.97 Å². The predicted molar refractivity (Wildman–Crippen MR) is 73.8 cm³/mol. The quantitative estimate of drug-likeness (QED) is 0.841. The number of carboxylic acids is 1. The van der Waals surface area contributed by atoms with Gasteiger partial charge in [0, 0.05) is 19.0 Å². The SMILES string of the molecule is O=C(O)c1ccc(N2C(=O)CC3(CCCC3)CC2=O)nc1. The molecular formula is C15H16N2O4. The molecule has 110 valence electrons. The van der Waals surface area contributed by atoms with Crippen LogP contribution in [0.1, 0.15) is 48.9 Å². The van der Waals surface area contributed by atoms with E-state index in [1.54, 1.807) is 0 Å². The number of nitrogens with zero attached hydrogens (tertiary/aromatic N) is 2. The summed E-state index contributed by atoms with van der Waals surface area (Å²) < 4.78 is 0. The molecule has 6 heteroatoms. The number of amides is 2. The maximum Gasteiger partial charge on any atom is 0.337 e. The van der Waals surface area contributed by atoms with Gasteiger partial charge in [-0.1, -0.05) is 12.8 Å². The van der Waals surface area contributed by atoms with Gasteiger partial charge < -0.3 is 5.11 Å². The summed E-state index contributed by atoms with van der Waals surface area (Å²) in [6.45, 7) is 0. The van der Waals surface area contributed by atoms with E-state index in [0.717, 1.165) is 36.8 Å². The van der Waals surface area contributed by atoms with Gasteiger partial charge in [-0.3, -0.25) is 9.59 Å². The second kappa shape index (κ2) is 4.95. The van der Waals surface area contributed by atoms with Crippen molar-refractivity contribution in [2.24, 2.45) is 5.41 Å². The van der Waals surface area contributed by atoms with Gasteiger partial charge in [-0.2, -0.15) is 0 Å². The molecule has 2 fully saturated rings. The van der Waals surface area contributed by atoms with Crippen molar-refractivity contribution in [3.8, 4) is 0 Å². The van der Waals surface area contributed by atoms with Crippen LogP contribution in [0.3, 0.4) is 0 Å². The maximum absolute atomic E-state index is 12.3. The van der Waals surface area contributed by atoms with E-state index in [4.69, 9.17) is 5.11 Å². The Morgan fingerprint density at radius 2 is 1.76 bits per heavy atom. The molecular weight excluding hydrogens is 272 g/mol. The average molecular weight is 288 g/mol. The molecule has 0 aromatic carbocycles. The number of hydrogen-bond acceptors (Lipinski definition) is 4. The van der Waals surface area contributed by atoms with Crippen molar-refractivity contribution in [3.05, 3.63) is 23.9 Å². The van der Waals surface area contributed by atoms with Crippen LogP contribution < -0.4 is 4.90 Å². The Morgan fingerprint density at radius 3 is 2.24 bits per heavy atom. The van der Waals surface area contributed by atoms with Crippen molar-refractivity contribution in [1.29, 1.82) is 0 Å². The number of rotatable bonds is 2. The largest absolute Gasteiger partial charge is 0.478 e. The topological polar surface area (TPSA) is 87.6 Å². The lowest BCUT2D eigenvalue weighted by atomic mass is 9.76. The lowest BCUT2D eigenvalue weighted by Crippen LogP contribution is -2.47. The number of carbonyl (C=O) groups excluding carboxylic acids is 2. The number of piperidine rings is 1. The van der Waals surface area contributed by atoms with E-state index in [1.807, 2.05) is 0 Å². The van der Waals surface area contributed by atoms with Gasteiger partial charge >= 0.3 is 5.97 Å². The molecule has 1 spiro atoms. The summed E-state index contributed by atoms with van der Waals surface area (Å²) in [6, 6.07) is 2.76. The maximum atomic E-state index is 12.3. The summed E-state index contributed by atoms with van der Waals surface area (Å²) in [5, 5.41) is 8.84. The number of imide groups is 1. The Hall–Kier alpha value is -2.24. The third-order valence-electron chi connectivity index (χ3n) is 4.44. The molecule has 1 aromatic rings. The first-order chi connectivity index (χ1) is 10.0. The minimum Gasteiger partial charge on any atom is -0.478 e. The summed E-state index contributed by atoms with van der Waals surface area (Å²) in [5.74, 6) is -1.34. The number of carbonyl (C=O) groups is 3. The van der Waals surface area contributed by atoms with Gasteiger partial charge in [0.2, 0.25) is 11.8 Å². The van der Waals surface area contributed by atoms with E-state index >= 15 is 0 Å². The Morgan fingerprint density at radius 1 is 1.14 bits per heavy atom. The Kier molecular flexibility index (Phi) is 3.23. The highest BCUT2D eigenvalue weighted by atomic mass is 16.4. The summed E-state index contributed by atoms with van der Waals surface area (Å²) in [7, 11) is 0. The number of hydrogen-bond donors (Lipinski definition) is 1. The van der Waals surface area contributed by atoms with Crippen molar-refractivity contribution in [3.63, 3.8) is 0 Å². The number of pyridine rings is 1. The summed E-state index contributed by atoms with van der Waals surface area (Å²) in [6.07, 6.45) is 5.94. The molecule has 1 saturated carbocycles. The molecule has 1 aliphatic heterocycles. The molecule has 2 heterocycles. The number of anilines is 1. The molecule has 6 nitrogen and oxygen atoms in total. The highest BCUT2D eigenvalue weighted by molar-refractivity contribution is 6.16. The van der Waals surface area contributed by atoms with E-state index in [1.165, 1.54) is 12.1 Å². The van der Waals surface area contributed by atoms with Gasteiger partial charge in [0.1, 0.15) is 5.82 Å². The molecule has 2 amide bonds. The fourth-order valence-electron chi connectivity index (χ4n) is 3.38. The molecule has 0 unspecified atom stereocenters. The molecule has 0 atom stereocenters. The lowest BCUT2D eigenvalue weighted by Gasteiger charge is -2.36. The van der Waals surface area contributed by atoms with Crippen molar-refractivity contribution >= 4 is 23.6 Å². The minimum atomic E-state index is -1.09. The predicted octanol–water partition coefficient (Wildman–Crippen LogP) is 1.99. The van der Waals surface area contributed by atoms with Crippen LogP contribution in [-0.2, 0) is 9.59 Å². The molecule has 0 bridgehead atoms. The van der Waals surface area contributed by atoms with Gasteiger partial charge in [-0.25, -0.2) is 14.7 Å². The Bertz CT molecular complexity index is 583. The molecule has 1 saturated heterocycles. The van der Waals surface area contributed by atoms with Crippen molar-refractivity contribution in [2.45, 2.75) is 38.5 Å². The molecule has 1 aliphatic carbocycles. The smallest absolute Gasteiger partial charge is 0.337 e. The fourth-order valence-corrected chi connectivity index (χ4v) is 3.38. The van der Waals surface area contributed by atoms with Crippen LogP contribution in [0, 0.1) is 5.41 Å². The Labute approximate surface area is 121 Å². The van der Waals surface area contributed by atoms with Crippen molar-refractivity contribution in [1.82, 2.24) is 4.98 Å². The minimum absolute atomic E-state index is 0.0305. The number of aromatic nitrogens is 1. The van der Waals surface area contributed by atoms with Crippen molar-refractivity contribution in [2.75, 3.05) is 4.90 Å². The summed E-state index contributed by atoms with van der Waals surface area (Å²) in [5.41, 5.74) is -0.117. The summed E-state index contributed by atoms with van der Waals surface area (Å²) >= 11 is 0. The molecule has 21 heavy (non-hydrogen) atoms. The Balaban J connectivity index is 1.84. The molecule has 3 rings (SSSR count). The third-order valence-corrected chi connectivity index (χ3v) is 4.44. The molecule has 2 aliphatic rings. The highest BCUT2D eigenvalue weighted by Gasteiger charge is 2.45. The monoisotopic (exact) mass is 288 g/mol. The van der Waals surface area contributed by atoms with Crippen LogP contribution in [0.25, 0.3) is 0 Å². The van der Waals surface area contributed by atoms with Crippen LogP contribution in [0.15, 0.2) is 18.3 Å². The first-order valence-corrected chi connectivity index (χ1v) is 7.06. The van der Waals surface area contributed by atoms with Crippen LogP contribution in [0.5, 0.6) is 0 Å². The van der Waals surface area contributed by atoms with Gasteiger partial charge in [-0.15, -0.1) is 0 Å². The third kappa shape index (κ3) is 2.41. The van der Waals surface area contributed by atoms with E-state index in [0.29, 0.717) is 12.8 Å². The zero-order chi connectivity index (χ0) is 15.0. The molecule has 0 radical (unpaired) electrons. The lowest BCUT2D eigenvalue weighted by molar-refractivity contribution is -0.133. The zero-order valence-corrected chi connectivity index (χ0v) is 11.5. The second-order valence-corrected chi connectivity index (χ2v) is 5.89. The van der Waals surface area contributed by atoms with Gasteiger partial charge in [0.25, 0.3) is 0 Å². The normalized spacial score (nSPS) is 21.0. The van der Waals surface area contributed by atoms with Crippen LogP contribution in [-0.4, -0.2) is 27.9 Å². The average Bonchev–Trinajstić information content (AvgIpc) is 2.86. The van der Waals surface area contributed by atoms with Gasteiger partial charge in [0.05, 0.1) is 5.56 Å². The van der Waals surface area contributed by atoms with Gasteiger partial charge in [-0.05, 0) is 30.4 Å².